The lowest BCUT2D eigenvalue weighted by molar-refractivity contribution is -0.137. The van der Waals surface area contributed by atoms with Gasteiger partial charge in [0, 0.05) is 51.4 Å². The van der Waals surface area contributed by atoms with Gasteiger partial charge < -0.3 is 15.1 Å². The Bertz CT molecular complexity index is 1080. The normalized spacial score (nSPS) is 16.2. The van der Waals surface area contributed by atoms with Crippen LogP contribution >= 0.6 is 0 Å². The van der Waals surface area contributed by atoms with Gasteiger partial charge in [-0.15, -0.1) is 0 Å². The molecule has 0 atom stereocenters. The molecule has 2 aliphatic heterocycles. The molecule has 1 saturated heterocycles. The molecule has 35 heavy (non-hydrogen) atoms. The summed E-state index contributed by atoms with van der Waals surface area (Å²) in [6.07, 6.45) is -3.16. The number of alkyl halides is 3. The third-order valence-corrected chi connectivity index (χ3v) is 6.29. The van der Waals surface area contributed by atoms with Crippen LogP contribution in [-0.4, -0.2) is 60.8 Å². The highest BCUT2D eigenvalue weighted by Gasteiger charge is 2.31. The van der Waals surface area contributed by atoms with Crippen LogP contribution in [0.1, 0.15) is 28.7 Å². The van der Waals surface area contributed by atoms with Gasteiger partial charge in [-0.1, -0.05) is 11.6 Å². The van der Waals surface area contributed by atoms with Crippen LogP contribution in [-0.2, 0) is 23.8 Å². The van der Waals surface area contributed by atoms with Crippen molar-refractivity contribution in [2.45, 2.75) is 32.4 Å². The number of halogens is 3. The van der Waals surface area contributed by atoms with Crippen LogP contribution in [0.25, 0.3) is 0 Å². The number of hydrogen-bond donors (Lipinski definition) is 3. The molecule has 0 unspecified atom stereocenters. The Balaban J connectivity index is 1.15. The Kier molecular flexibility index (Phi) is 7.61. The van der Waals surface area contributed by atoms with Crippen molar-refractivity contribution in [1.82, 2.24) is 15.3 Å². The standard InChI is InChI=1S/C25H30F3N5O2/c1-17-12-18(14-20(13-17)25(26,27)28)2-5-23(29)33-10-8-32(9-11-33)7-6-30-35-21-3-4-22-19(15-21)16-24(34)31-22/h3-4,12-15,29-30H,2,5-11,16H2,1H3,(H,31,34). The molecule has 0 aromatic heterocycles. The molecule has 0 spiro atoms. The van der Waals surface area contributed by atoms with Crippen LogP contribution in [0.15, 0.2) is 36.4 Å². The van der Waals surface area contributed by atoms with E-state index in [0.29, 0.717) is 61.6 Å². The number of hydroxylamine groups is 1. The lowest BCUT2D eigenvalue weighted by Crippen LogP contribution is -2.50. The second kappa shape index (κ2) is 10.7. The second-order valence-corrected chi connectivity index (χ2v) is 9.02. The van der Waals surface area contributed by atoms with Gasteiger partial charge in [0.1, 0.15) is 5.75 Å². The number of fused-ring (bicyclic) bond motifs is 1. The molecule has 2 aliphatic rings. The minimum atomic E-state index is -4.36. The Morgan fingerprint density at radius 2 is 1.91 bits per heavy atom. The number of aryl methyl sites for hydroxylation is 2. The van der Waals surface area contributed by atoms with Crippen molar-refractivity contribution in [3.63, 3.8) is 0 Å². The summed E-state index contributed by atoms with van der Waals surface area (Å²) in [5.41, 5.74) is 5.27. The van der Waals surface area contributed by atoms with Gasteiger partial charge in [0.2, 0.25) is 5.91 Å². The van der Waals surface area contributed by atoms with Crippen LogP contribution in [0.4, 0.5) is 18.9 Å². The minimum absolute atomic E-state index is 0.0110. The topological polar surface area (TPSA) is 80.7 Å². The Labute approximate surface area is 202 Å². The van der Waals surface area contributed by atoms with Crippen LogP contribution in [0.2, 0.25) is 0 Å². The van der Waals surface area contributed by atoms with Crippen molar-refractivity contribution in [3.8, 4) is 5.75 Å². The smallest absolute Gasteiger partial charge is 0.409 e. The Morgan fingerprint density at radius 3 is 2.66 bits per heavy atom. The zero-order chi connectivity index (χ0) is 25.0. The molecule has 0 radical (unpaired) electrons. The predicted molar refractivity (Wildman–Crippen MR) is 128 cm³/mol. The highest BCUT2D eigenvalue weighted by molar-refractivity contribution is 5.99. The van der Waals surface area contributed by atoms with Crippen molar-refractivity contribution in [3.05, 3.63) is 58.7 Å². The minimum Gasteiger partial charge on any atom is -0.409 e. The number of anilines is 1. The van der Waals surface area contributed by atoms with Gasteiger partial charge in [-0.25, -0.2) is 0 Å². The molecule has 4 rings (SSSR count). The fourth-order valence-electron chi connectivity index (χ4n) is 4.44. The first-order valence-electron chi connectivity index (χ1n) is 11.7. The van der Waals surface area contributed by atoms with E-state index in [2.05, 4.69) is 15.7 Å². The summed E-state index contributed by atoms with van der Waals surface area (Å²) in [7, 11) is 0. The van der Waals surface area contributed by atoms with Crippen molar-refractivity contribution in [2.75, 3.05) is 44.6 Å². The number of nitrogens with one attached hydrogen (secondary N) is 3. The van der Waals surface area contributed by atoms with Gasteiger partial charge in [-0.3, -0.25) is 15.1 Å². The van der Waals surface area contributed by atoms with E-state index in [1.165, 1.54) is 6.07 Å². The lowest BCUT2D eigenvalue weighted by atomic mass is 10.0. The Hall–Kier alpha value is -3.11. The quantitative estimate of drug-likeness (QED) is 0.229. The molecular weight excluding hydrogens is 459 g/mol. The first-order valence-corrected chi connectivity index (χ1v) is 11.7. The van der Waals surface area contributed by atoms with E-state index in [1.54, 1.807) is 13.0 Å². The number of carbonyl (C=O) groups excluding carboxylic acids is 1. The van der Waals surface area contributed by atoms with Crippen LogP contribution in [0, 0.1) is 12.3 Å². The van der Waals surface area contributed by atoms with Crippen molar-refractivity contribution in [1.29, 1.82) is 5.41 Å². The Morgan fingerprint density at radius 1 is 1.14 bits per heavy atom. The summed E-state index contributed by atoms with van der Waals surface area (Å²) in [6, 6.07) is 9.59. The van der Waals surface area contributed by atoms with E-state index < -0.39 is 11.7 Å². The van der Waals surface area contributed by atoms with E-state index in [-0.39, 0.29) is 5.91 Å². The third-order valence-electron chi connectivity index (χ3n) is 6.29. The molecule has 3 N–H and O–H groups in total. The van der Waals surface area contributed by atoms with E-state index in [1.807, 2.05) is 23.1 Å². The maximum atomic E-state index is 13.1. The molecule has 10 heteroatoms. The fourth-order valence-corrected chi connectivity index (χ4v) is 4.44. The summed E-state index contributed by atoms with van der Waals surface area (Å²) in [5, 5.41) is 11.2. The van der Waals surface area contributed by atoms with Crippen molar-refractivity contribution < 1.29 is 22.8 Å². The number of hydrogen-bond acceptors (Lipinski definition) is 5. The molecule has 1 amide bonds. The van der Waals surface area contributed by atoms with E-state index >= 15 is 0 Å². The molecule has 188 valence electrons. The third kappa shape index (κ3) is 6.73. The number of carbonyl (C=O) groups is 1. The van der Waals surface area contributed by atoms with Crippen LogP contribution < -0.4 is 15.6 Å². The summed E-state index contributed by atoms with van der Waals surface area (Å²) >= 11 is 0. The average molecular weight is 490 g/mol. The van der Waals surface area contributed by atoms with Crippen molar-refractivity contribution in [2.24, 2.45) is 0 Å². The van der Waals surface area contributed by atoms with Gasteiger partial charge in [0.25, 0.3) is 0 Å². The monoisotopic (exact) mass is 489 g/mol. The molecule has 0 saturated carbocycles. The number of amidine groups is 1. The van der Waals surface area contributed by atoms with Gasteiger partial charge in [-0.2, -0.15) is 18.7 Å². The highest BCUT2D eigenvalue weighted by Crippen LogP contribution is 2.31. The summed E-state index contributed by atoms with van der Waals surface area (Å²) < 4.78 is 39.2. The SMILES string of the molecule is Cc1cc(CCC(=N)N2CCN(CCNOc3ccc4c(c3)CC(=O)N4)CC2)cc(C(F)(F)F)c1. The molecule has 1 fully saturated rings. The first-order chi connectivity index (χ1) is 16.7. The maximum absolute atomic E-state index is 13.1. The highest BCUT2D eigenvalue weighted by atomic mass is 19.4. The number of benzene rings is 2. The number of amides is 1. The number of piperazine rings is 1. The average Bonchev–Trinajstić information content (AvgIpc) is 3.19. The van der Waals surface area contributed by atoms with Crippen LogP contribution in [0.5, 0.6) is 5.75 Å². The number of nitrogens with zero attached hydrogens (tertiary/aromatic N) is 2. The fraction of sp³-hybridized carbons (Fsp3) is 0.440. The van der Waals surface area contributed by atoms with Gasteiger partial charge in [0.15, 0.2) is 0 Å². The molecule has 0 bridgehead atoms. The molecule has 2 aromatic carbocycles. The predicted octanol–water partition coefficient (Wildman–Crippen LogP) is 3.62. The number of rotatable bonds is 8. The molecule has 2 heterocycles. The van der Waals surface area contributed by atoms with E-state index in [4.69, 9.17) is 10.2 Å². The van der Waals surface area contributed by atoms with Gasteiger partial charge in [0.05, 0.1) is 17.8 Å². The molecule has 7 nitrogen and oxygen atoms in total. The van der Waals surface area contributed by atoms with E-state index in [9.17, 15) is 18.0 Å². The maximum Gasteiger partial charge on any atom is 0.416 e. The molecule has 2 aromatic rings. The summed E-state index contributed by atoms with van der Waals surface area (Å²) in [6.45, 7) is 6.11. The zero-order valence-electron chi connectivity index (χ0n) is 19.7. The molecular formula is C25H30F3N5O2. The first kappa shape index (κ1) is 25.0. The summed E-state index contributed by atoms with van der Waals surface area (Å²) in [4.78, 5) is 21.3. The van der Waals surface area contributed by atoms with Crippen LogP contribution in [0.3, 0.4) is 0 Å². The van der Waals surface area contributed by atoms with E-state index in [0.717, 1.165) is 37.0 Å². The summed E-state index contributed by atoms with van der Waals surface area (Å²) in [5.74, 6) is 1.11. The second-order valence-electron chi connectivity index (χ2n) is 9.02. The zero-order valence-corrected chi connectivity index (χ0v) is 19.7. The lowest BCUT2D eigenvalue weighted by Gasteiger charge is -2.36. The molecule has 0 aliphatic carbocycles. The van der Waals surface area contributed by atoms with Gasteiger partial charge in [-0.05, 0) is 54.8 Å². The van der Waals surface area contributed by atoms with Crippen molar-refractivity contribution >= 4 is 17.4 Å². The largest absolute Gasteiger partial charge is 0.416 e. The van der Waals surface area contributed by atoms with Gasteiger partial charge >= 0.3 is 6.18 Å².